The topological polar surface area (TPSA) is 34.2 Å². The Labute approximate surface area is 125 Å². The molecule has 3 nitrogen and oxygen atoms in total. The highest BCUT2D eigenvalue weighted by atomic mass is 32.1. The molecule has 108 valence electrons. The van der Waals surface area contributed by atoms with Crippen LogP contribution in [0, 0.1) is 6.92 Å². The van der Waals surface area contributed by atoms with Crippen molar-refractivity contribution in [2.45, 2.75) is 33.2 Å². The van der Waals surface area contributed by atoms with E-state index in [0.29, 0.717) is 6.61 Å². The van der Waals surface area contributed by atoms with E-state index in [1.165, 1.54) is 5.56 Å². The molecule has 0 aliphatic heterocycles. The molecule has 1 heterocycles. The Morgan fingerprint density at radius 3 is 2.75 bits per heavy atom. The van der Waals surface area contributed by atoms with Crippen molar-refractivity contribution in [2.24, 2.45) is 0 Å². The average molecular weight is 290 g/mol. The molecule has 1 atom stereocenters. The molecule has 4 heteroatoms. The average Bonchev–Trinajstić information content (AvgIpc) is 2.85. The van der Waals surface area contributed by atoms with Gasteiger partial charge in [0.15, 0.2) is 0 Å². The second-order valence-corrected chi connectivity index (χ2v) is 5.71. The summed E-state index contributed by atoms with van der Waals surface area (Å²) in [6, 6.07) is 8.50. The molecule has 0 saturated heterocycles. The second-order valence-electron chi connectivity index (χ2n) is 4.64. The summed E-state index contributed by atoms with van der Waals surface area (Å²) in [5.41, 5.74) is 2.35. The van der Waals surface area contributed by atoms with E-state index >= 15 is 0 Å². The highest BCUT2D eigenvalue weighted by Crippen LogP contribution is 2.28. The van der Waals surface area contributed by atoms with Crippen molar-refractivity contribution >= 4 is 11.3 Å². The minimum absolute atomic E-state index is 0.240. The Bertz CT molecular complexity index is 539. The predicted octanol–water partition coefficient (Wildman–Crippen LogP) is 3.74. The SMILES string of the molecule is CCNC(Cc1csc(C)n1)c1ccccc1OCC. The summed E-state index contributed by atoms with van der Waals surface area (Å²) >= 11 is 1.70. The Morgan fingerprint density at radius 2 is 2.10 bits per heavy atom. The summed E-state index contributed by atoms with van der Waals surface area (Å²) in [4.78, 5) is 4.57. The first kappa shape index (κ1) is 15.0. The molecule has 0 bridgehead atoms. The number of rotatable bonds is 7. The summed E-state index contributed by atoms with van der Waals surface area (Å²) in [6.45, 7) is 7.80. The molecule has 20 heavy (non-hydrogen) atoms. The molecule has 1 N–H and O–H groups in total. The summed E-state index contributed by atoms with van der Waals surface area (Å²) in [5, 5.41) is 6.80. The zero-order valence-corrected chi connectivity index (χ0v) is 13.2. The fraction of sp³-hybridized carbons (Fsp3) is 0.438. The summed E-state index contributed by atoms with van der Waals surface area (Å²) in [6.07, 6.45) is 0.891. The first-order chi connectivity index (χ1) is 9.74. The summed E-state index contributed by atoms with van der Waals surface area (Å²) in [5.74, 6) is 0.966. The van der Waals surface area contributed by atoms with Gasteiger partial charge in [0.1, 0.15) is 5.75 Å². The molecule has 0 aliphatic carbocycles. The maximum absolute atomic E-state index is 5.75. The third-order valence-electron chi connectivity index (χ3n) is 3.12. The monoisotopic (exact) mass is 290 g/mol. The van der Waals surface area contributed by atoms with Crippen molar-refractivity contribution in [3.05, 3.63) is 45.9 Å². The van der Waals surface area contributed by atoms with Crippen LogP contribution in [0.25, 0.3) is 0 Å². The van der Waals surface area contributed by atoms with Crippen molar-refractivity contribution in [1.82, 2.24) is 10.3 Å². The first-order valence-electron chi connectivity index (χ1n) is 7.10. The fourth-order valence-electron chi connectivity index (χ4n) is 2.30. The number of benzene rings is 1. The quantitative estimate of drug-likeness (QED) is 0.843. The van der Waals surface area contributed by atoms with Crippen molar-refractivity contribution in [1.29, 1.82) is 0 Å². The standard InChI is InChI=1S/C16H22N2OS/c1-4-17-15(10-13-11-20-12(3)18-13)14-8-6-7-9-16(14)19-5-2/h6-9,11,15,17H,4-5,10H2,1-3H3. The molecule has 0 amide bonds. The van der Waals surface area contributed by atoms with Crippen molar-refractivity contribution in [3.63, 3.8) is 0 Å². The van der Waals surface area contributed by atoms with Gasteiger partial charge in [-0.05, 0) is 26.5 Å². The van der Waals surface area contributed by atoms with E-state index in [1.54, 1.807) is 11.3 Å². The summed E-state index contributed by atoms with van der Waals surface area (Å²) < 4.78 is 5.75. The normalized spacial score (nSPS) is 12.3. The Morgan fingerprint density at radius 1 is 1.30 bits per heavy atom. The van der Waals surface area contributed by atoms with Crippen LogP contribution in [-0.4, -0.2) is 18.1 Å². The minimum Gasteiger partial charge on any atom is -0.494 e. The number of nitrogens with one attached hydrogen (secondary N) is 1. The number of aromatic nitrogens is 1. The van der Waals surface area contributed by atoms with Gasteiger partial charge in [0.25, 0.3) is 0 Å². The first-order valence-corrected chi connectivity index (χ1v) is 7.98. The molecule has 0 aliphatic rings. The highest BCUT2D eigenvalue weighted by Gasteiger charge is 2.16. The molecule has 1 aromatic carbocycles. The van der Waals surface area contributed by atoms with Crippen LogP contribution < -0.4 is 10.1 Å². The van der Waals surface area contributed by atoms with Gasteiger partial charge in [0, 0.05) is 23.4 Å². The van der Waals surface area contributed by atoms with E-state index in [1.807, 2.05) is 26.0 Å². The summed E-state index contributed by atoms with van der Waals surface area (Å²) in [7, 11) is 0. The largest absolute Gasteiger partial charge is 0.494 e. The Kier molecular flexibility index (Phi) is 5.56. The Hall–Kier alpha value is -1.39. The number of likely N-dealkylation sites (N-methyl/N-ethyl adjacent to an activating group) is 1. The number of para-hydroxylation sites is 1. The molecule has 2 rings (SSSR count). The number of thiazole rings is 1. The van der Waals surface area contributed by atoms with Crippen LogP contribution in [0.1, 0.15) is 36.2 Å². The van der Waals surface area contributed by atoms with Crippen LogP contribution in [0.15, 0.2) is 29.6 Å². The van der Waals surface area contributed by atoms with E-state index in [0.717, 1.165) is 29.4 Å². The second kappa shape index (κ2) is 7.41. The van der Waals surface area contributed by atoms with Gasteiger partial charge in [-0.3, -0.25) is 0 Å². The highest BCUT2D eigenvalue weighted by molar-refractivity contribution is 7.09. The zero-order valence-electron chi connectivity index (χ0n) is 12.3. The number of nitrogens with zero attached hydrogens (tertiary/aromatic N) is 1. The maximum Gasteiger partial charge on any atom is 0.124 e. The molecule has 1 aromatic heterocycles. The lowest BCUT2D eigenvalue weighted by atomic mass is 10.0. The molecule has 0 spiro atoms. The Balaban J connectivity index is 2.23. The van der Waals surface area contributed by atoms with Gasteiger partial charge in [-0.25, -0.2) is 4.98 Å². The molecule has 0 fully saturated rings. The number of hydrogen-bond donors (Lipinski definition) is 1. The third-order valence-corrected chi connectivity index (χ3v) is 3.95. The molecule has 0 radical (unpaired) electrons. The van der Waals surface area contributed by atoms with Crippen LogP contribution >= 0.6 is 11.3 Å². The third kappa shape index (κ3) is 3.81. The van der Waals surface area contributed by atoms with Gasteiger partial charge in [-0.2, -0.15) is 0 Å². The predicted molar refractivity (Wildman–Crippen MR) is 84.6 cm³/mol. The van der Waals surface area contributed by atoms with Crippen LogP contribution in [0.5, 0.6) is 5.75 Å². The molecular formula is C16H22N2OS. The molecular weight excluding hydrogens is 268 g/mol. The van der Waals surface area contributed by atoms with Gasteiger partial charge in [0.2, 0.25) is 0 Å². The van der Waals surface area contributed by atoms with E-state index in [9.17, 15) is 0 Å². The molecule has 0 saturated carbocycles. The van der Waals surface area contributed by atoms with Gasteiger partial charge in [-0.15, -0.1) is 11.3 Å². The maximum atomic E-state index is 5.75. The number of ether oxygens (including phenoxy) is 1. The van der Waals surface area contributed by atoms with Crippen LogP contribution in [0.3, 0.4) is 0 Å². The van der Waals surface area contributed by atoms with E-state index < -0.39 is 0 Å². The van der Waals surface area contributed by atoms with E-state index in [-0.39, 0.29) is 6.04 Å². The van der Waals surface area contributed by atoms with E-state index in [2.05, 4.69) is 34.7 Å². The van der Waals surface area contributed by atoms with Crippen LogP contribution in [-0.2, 0) is 6.42 Å². The molecule has 2 aromatic rings. The lowest BCUT2D eigenvalue weighted by molar-refractivity contribution is 0.331. The van der Waals surface area contributed by atoms with Crippen molar-refractivity contribution in [2.75, 3.05) is 13.2 Å². The lowest BCUT2D eigenvalue weighted by Gasteiger charge is -2.20. The zero-order chi connectivity index (χ0) is 14.4. The van der Waals surface area contributed by atoms with Crippen LogP contribution in [0.2, 0.25) is 0 Å². The van der Waals surface area contributed by atoms with Crippen molar-refractivity contribution < 1.29 is 4.74 Å². The van der Waals surface area contributed by atoms with Gasteiger partial charge >= 0.3 is 0 Å². The molecule has 1 unspecified atom stereocenters. The number of hydrogen-bond acceptors (Lipinski definition) is 4. The van der Waals surface area contributed by atoms with Gasteiger partial charge in [-0.1, -0.05) is 25.1 Å². The van der Waals surface area contributed by atoms with Gasteiger partial charge < -0.3 is 10.1 Å². The van der Waals surface area contributed by atoms with Crippen molar-refractivity contribution in [3.8, 4) is 5.75 Å². The minimum atomic E-state index is 0.240. The van der Waals surface area contributed by atoms with Crippen LogP contribution in [0.4, 0.5) is 0 Å². The fourth-order valence-corrected chi connectivity index (χ4v) is 2.93. The smallest absolute Gasteiger partial charge is 0.124 e. The van der Waals surface area contributed by atoms with E-state index in [4.69, 9.17) is 4.74 Å². The lowest BCUT2D eigenvalue weighted by Crippen LogP contribution is -2.23. The number of aryl methyl sites for hydroxylation is 1. The van der Waals surface area contributed by atoms with Gasteiger partial charge in [0.05, 0.1) is 17.3 Å².